The van der Waals surface area contributed by atoms with Crippen LogP contribution in [0, 0.1) is 25.2 Å². The molecule has 5 rings (SSSR count). The molecule has 3 aromatic rings. The van der Waals surface area contributed by atoms with Crippen LogP contribution in [-0.2, 0) is 11.3 Å². The molecule has 0 aromatic heterocycles. The molecule has 2 heterocycles. The average Bonchev–Trinajstić information content (AvgIpc) is 3.06. The van der Waals surface area contributed by atoms with E-state index in [0.717, 1.165) is 0 Å². The average molecular weight is 468 g/mol. The summed E-state index contributed by atoms with van der Waals surface area (Å²) in [4.78, 5) is 14.7. The van der Waals surface area contributed by atoms with Crippen molar-refractivity contribution in [2.45, 2.75) is 56.4 Å². The number of hydrogen-bond acceptors (Lipinski definition) is 4. The molecule has 2 unspecified atom stereocenters. The molecule has 0 spiro atoms. The van der Waals surface area contributed by atoms with Gasteiger partial charge in [0, 0.05) is 11.3 Å². The number of carbonyl (C=O) groups is 1. The van der Waals surface area contributed by atoms with Crippen LogP contribution in [0.25, 0.3) is 22.3 Å². The maximum Gasteiger partial charge on any atom is 0.244 e. The first-order valence-corrected chi connectivity index (χ1v) is 12.6. The van der Waals surface area contributed by atoms with Gasteiger partial charge in [-0.25, -0.2) is 0 Å². The molecular weight excluding hydrogens is 438 g/mol. The fourth-order valence-electron chi connectivity index (χ4n) is 5.24. The number of nitrogens with one attached hydrogen (secondary N) is 1. The summed E-state index contributed by atoms with van der Waals surface area (Å²) in [6.07, 6.45) is 0. The SMILES string of the molecule is Cc1ccccc1-c1cccc(CNC2C(=O)N3C(C#N)C(C)(C)S[C@H]23)c1-c1ccccc1C. The Bertz CT molecular complexity index is 1310. The number of benzene rings is 3. The first-order valence-electron chi connectivity index (χ1n) is 11.7. The van der Waals surface area contributed by atoms with Crippen molar-refractivity contribution in [2.75, 3.05) is 0 Å². The molecule has 172 valence electrons. The number of hydrogen-bond donors (Lipinski definition) is 1. The Morgan fingerprint density at radius 3 is 2.21 bits per heavy atom. The van der Waals surface area contributed by atoms with E-state index in [1.807, 2.05) is 0 Å². The summed E-state index contributed by atoms with van der Waals surface area (Å²) in [7, 11) is 0. The van der Waals surface area contributed by atoms with E-state index >= 15 is 0 Å². The number of thioether (sulfide) groups is 1. The van der Waals surface area contributed by atoms with Crippen LogP contribution in [0.5, 0.6) is 0 Å². The van der Waals surface area contributed by atoms with Crippen LogP contribution in [0.3, 0.4) is 0 Å². The van der Waals surface area contributed by atoms with Crippen LogP contribution in [0.4, 0.5) is 0 Å². The highest BCUT2D eigenvalue weighted by molar-refractivity contribution is 8.01. The van der Waals surface area contributed by atoms with Crippen molar-refractivity contribution in [3.8, 4) is 28.3 Å². The smallest absolute Gasteiger partial charge is 0.244 e. The largest absolute Gasteiger partial charge is 0.310 e. The van der Waals surface area contributed by atoms with Gasteiger partial charge in [0.25, 0.3) is 0 Å². The second kappa shape index (κ2) is 8.61. The summed E-state index contributed by atoms with van der Waals surface area (Å²) >= 11 is 1.72. The minimum absolute atomic E-state index is 0.00797. The third-order valence-corrected chi connectivity index (χ3v) is 8.65. The van der Waals surface area contributed by atoms with E-state index in [0.29, 0.717) is 6.54 Å². The highest BCUT2D eigenvalue weighted by Crippen LogP contribution is 2.50. The lowest BCUT2D eigenvalue weighted by atomic mass is 9.87. The zero-order chi connectivity index (χ0) is 24.0. The zero-order valence-corrected chi connectivity index (χ0v) is 20.8. The maximum atomic E-state index is 13.0. The molecule has 2 aliphatic heterocycles. The number of β-lactam (4-membered cyclic amide) rings is 1. The Morgan fingerprint density at radius 2 is 1.56 bits per heavy atom. The lowest BCUT2D eigenvalue weighted by Crippen LogP contribution is -2.68. The number of amides is 1. The van der Waals surface area contributed by atoms with Crippen molar-refractivity contribution >= 4 is 17.7 Å². The summed E-state index contributed by atoms with van der Waals surface area (Å²) in [5.74, 6) is 0.0297. The van der Waals surface area contributed by atoms with Gasteiger partial charge in [-0.15, -0.1) is 11.8 Å². The first kappa shape index (κ1) is 22.7. The lowest BCUT2D eigenvalue weighted by molar-refractivity contribution is -0.147. The predicted octanol–water partition coefficient (Wildman–Crippen LogP) is 5.68. The van der Waals surface area contributed by atoms with Crippen LogP contribution in [-0.4, -0.2) is 33.0 Å². The van der Waals surface area contributed by atoms with Crippen LogP contribution < -0.4 is 5.32 Å². The fraction of sp³-hybridized carbons (Fsp3) is 0.310. The number of nitrogens with zero attached hydrogens (tertiary/aromatic N) is 2. The number of nitriles is 1. The number of aryl methyl sites for hydroxylation is 2. The molecule has 3 aromatic carbocycles. The molecule has 1 N–H and O–H groups in total. The van der Waals surface area contributed by atoms with Crippen LogP contribution >= 0.6 is 11.8 Å². The number of fused-ring (bicyclic) bond motifs is 1. The van der Waals surface area contributed by atoms with E-state index in [9.17, 15) is 10.1 Å². The normalized spacial score (nSPS) is 22.7. The molecule has 0 saturated carbocycles. The van der Waals surface area contributed by atoms with E-state index in [-0.39, 0.29) is 28.1 Å². The molecule has 0 aliphatic carbocycles. The third kappa shape index (κ3) is 3.62. The molecule has 0 radical (unpaired) electrons. The highest BCUT2D eigenvalue weighted by atomic mass is 32.2. The first-order chi connectivity index (χ1) is 16.3. The van der Waals surface area contributed by atoms with Crippen molar-refractivity contribution < 1.29 is 4.79 Å². The summed E-state index contributed by atoms with van der Waals surface area (Å²) in [6, 6.07) is 25.1. The molecule has 0 bridgehead atoms. The molecule has 34 heavy (non-hydrogen) atoms. The Balaban J connectivity index is 1.51. The maximum absolute atomic E-state index is 13.0. The quantitative estimate of drug-likeness (QED) is 0.491. The third-order valence-electron chi connectivity index (χ3n) is 7.08. The fourth-order valence-corrected chi connectivity index (χ4v) is 6.85. The van der Waals surface area contributed by atoms with Gasteiger partial charge in [-0.3, -0.25) is 10.1 Å². The van der Waals surface area contributed by atoms with E-state index in [4.69, 9.17) is 0 Å². The van der Waals surface area contributed by atoms with Gasteiger partial charge in [-0.05, 0) is 66.6 Å². The Morgan fingerprint density at radius 1 is 0.941 bits per heavy atom. The van der Waals surface area contributed by atoms with E-state index in [1.165, 1.54) is 38.9 Å². The second-order valence-electron chi connectivity index (χ2n) is 9.72. The van der Waals surface area contributed by atoms with Crippen molar-refractivity contribution in [3.63, 3.8) is 0 Å². The van der Waals surface area contributed by atoms with Crippen molar-refractivity contribution in [3.05, 3.63) is 83.4 Å². The number of carbonyl (C=O) groups excluding carboxylic acids is 1. The monoisotopic (exact) mass is 467 g/mol. The molecule has 2 fully saturated rings. The van der Waals surface area contributed by atoms with Crippen LogP contribution in [0.2, 0.25) is 0 Å². The van der Waals surface area contributed by atoms with Gasteiger partial charge in [-0.1, -0.05) is 66.7 Å². The minimum Gasteiger partial charge on any atom is -0.310 e. The van der Waals surface area contributed by atoms with E-state index in [1.54, 1.807) is 16.7 Å². The van der Waals surface area contributed by atoms with Gasteiger partial charge < -0.3 is 4.90 Å². The van der Waals surface area contributed by atoms with Gasteiger partial charge in [0.1, 0.15) is 17.5 Å². The van der Waals surface area contributed by atoms with Gasteiger partial charge in [0.05, 0.1) is 6.07 Å². The number of rotatable bonds is 5. The molecule has 2 saturated heterocycles. The Kier molecular flexibility index (Phi) is 5.75. The van der Waals surface area contributed by atoms with Crippen molar-refractivity contribution in [1.82, 2.24) is 10.2 Å². The topological polar surface area (TPSA) is 56.1 Å². The van der Waals surface area contributed by atoms with Gasteiger partial charge in [0.2, 0.25) is 5.91 Å². The minimum atomic E-state index is -0.375. The summed E-state index contributed by atoms with van der Waals surface area (Å²) < 4.78 is -0.261. The zero-order valence-electron chi connectivity index (χ0n) is 20.0. The lowest BCUT2D eigenvalue weighted by Gasteiger charge is -2.43. The van der Waals surface area contributed by atoms with Crippen molar-refractivity contribution in [1.29, 1.82) is 5.26 Å². The van der Waals surface area contributed by atoms with E-state index in [2.05, 4.69) is 106 Å². The van der Waals surface area contributed by atoms with Crippen LogP contribution in [0.1, 0.15) is 30.5 Å². The van der Waals surface area contributed by atoms with Gasteiger partial charge >= 0.3 is 0 Å². The standard InChI is InChI=1S/C29H29N3OS/c1-18-10-5-7-13-21(18)23-15-9-12-20(25(23)22-14-8-6-11-19(22)2)17-31-26-27(33)32-24(16-30)29(3,4)34-28(26)32/h5-15,24,26,28,31H,17H2,1-4H3/t24?,26?,28-/m1/s1. The molecule has 1 amide bonds. The highest BCUT2D eigenvalue weighted by Gasteiger charge is 2.61. The summed E-state index contributed by atoms with van der Waals surface area (Å²) in [5.41, 5.74) is 8.47. The van der Waals surface area contributed by atoms with E-state index < -0.39 is 0 Å². The van der Waals surface area contributed by atoms with Gasteiger partial charge in [0.15, 0.2) is 0 Å². The van der Waals surface area contributed by atoms with Crippen LogP contribution in [0.15, 0.2) is 66.7 Å². The Labute approximate surface area is 206 Å². The molecule has 3 atom stereocenters. The molecule has 2 aliphatic rings. The summed E-state index contributed by atoms with van der Waals surface area (Å²) in [5, 5.41) is 13.2. The summed E-state index contributed by atoms with van der Waals surface area (Å²) in [6.45, 7) is 8.98. The van der Waals surface area contributed by atoms with Gasteiger partial charge in [-0.2, -0.15) is 5.26 Å². The molecule has 5 heteroatoms. The predicted molar refractivity (Wildman–Crippen MR) is 139 cm³/mol. The Hall–Kier alpha value is -3.07. The molecule has 4 nitrogen and oxygen atoms in total. The molecular formula is C29H29N3OS. The van der Waals surface area contributed by atoms with Crippen molar-refractivity contribution in [2.24, 2.45) is 0 Å². The second-order valence-corrected chi connectivity index (χ2v) is 11.5.